The Balaban J connectivity index is 1.69. The van der Waals surface area contributed by atoms with Crippen LogP contribution in [0.2, 0.25) is 0 Å². The lowest BCUT2D eigenvalue weighted by Gasteiger charge is -2.20. The fourth-order valence-corrected chi connectivity index (χ4v) is 2.10. The Kier molecular flexibility index (Phi) is 4.41. The molecule has 94 valence electrons. The predicted octanol–water partition coefficient (Wildman–Crippen LogP) is 1.47. The van der Waals surface area contributed by atoms with Gasteiger partial charge in [0, 0.05) is 32.0 Å². The summed E-state index contributed by atoms with van der Waals surface area (Å²) >= 11 is 0. The molecule has 1 aromatic heterocycles. The van der Waals surface area contributed by atoms with Gasteiger partial charge in [-0.3, -0.25) is 4.68 Å². The lowest BCUT2D eigenvalue weighted by Crippen LogP contribution is -2.41. The van der Waals surface area contributed by atoms with Gasteiger partial charge in [-0.2, -0.15) is 5.10 Å². The summed E-state index contributed by atoms with van der Waals surface area (Å²) in [5.41, 5.74) is 0. The standard InChI is InChI=1S/C12H20N4O/c17-12(15-8-3-1-2-4-9-15)13-7-11-16-10-5-6-14-16/h5-6,10H,1-4,7-9,11H2,(H,13,17). The van der Waals surface area contributed by atoms with E-state index in [4.69, 9.17) is 0 Å². The van der Waals surface area contributed by atoms with Crippen LogP contribution in [0.1, 0.15) is 25.7 Å². The zero-order valence-electron chi connectivity index (χ0n) is 10.1. The molecule has 0 bridgehead atoms. The predicted molar refractivity (Wildman–Crippen MR) is 65.7 cm³/mol. The second kappa shape index (κ2) is 6.27. The van der Waals surface area contributed by atoms with E-state index in [1.54, 1.807) is 6.20 Å². The summed E-state index contributed by atoms with van der Waals surface area (Å²) in [4.78, 5) is 13.8. The molecule has 0 unspecified atom stereocenters. The quantitative estimate of drug-likeness (QED) is 0.864. The van der Waals surface area contributed by atoms with Crippen LogP contribution in [0.15, 0.2) is 18.5 Å². The highest BCUT2D eigenvalue weighted by Crippen LogP contribution is 2.09. The smallest absolute Gasteiger partial charge is 0.317 e. The summed E-state index contributed by atoms with van der Waals surface area (Å²) in [5.74, 6) is 0. The summed E-state index contributed by atoms with van der Waals surface area (Å²) in [5, 5.41) is 7.04. The lowest BCUT2D eigenvalue weighted by molar-refractivity contribution is 0.199. The Hall–Kier alpha value is -1.52. The monoisotopic (exact) mass is 236 g/mol. The highest BCUT2D eigenvalue weighted by Gasteiger charge is 2.14. The highest BCUT2D eigenvalue weighted by atomic mass is 16.2. The summed E-state index contributed by atoms with van der Waals surface area (Å²) in [6.45, 7) is 3.16. The molecule has 0 saturated carbocycles. The van der Waals surface area contributed by atoms with Gasteiger partial charge in [0.1, 0.15) is 0 Å². The van der Waals surface area contributed by atoms with Crippen molar-refractivity contribution in [3.63, 3.8) is 0 Å². The van der Waals surface area contributed by atoms with E-state index in [1.807, 2.05) is 21.8 Å². The normalized spacial score (nSPS) is 16.6. The van der Waals surface area contributed by atoms with Gasteiger partial charge in [-0.15, -0.1) is 0 Å². The van der Waals surface area contributed by atoms with Crippen molar-refractivity contribution in [2.75, 3.05) is 19.6 Å². The number of rotatable bonds is 3. The van der Waals surface area contributed by atoms with E-state index < -0.39 is 0 Å². The summed E-state index contributed by atoms with van der Waals surface area (Å²) < 4.78 is 1.82. The van der Waals surface area contributed by atoms with Gasteiger partial charge in [0.2, 0.25) is 0 Å². The van der Waals surface area contributed by atoms with Gasteiger partial charge in [-0.1, -0.05) is 12.8 Å². The van der Waals surface area contributed by atoms with Gasteiger partial charge < -0.3 is 10.2 Å². The molecule has 2 rings (SSSR count). The molecule has 2 heterocycles. The number of aromatic nitrogens is 2. The van der Waals surface area contributed by atoms with E-state index in [0.717, 1.165) is 32.5 Å². The van der Waals surface area contributed by atoms with Crippen molar-refractivity contribution in [3.8, 4) is 0 Å². The molecule has 17 heavy (non-hydrogen) atoms. The first-order valence-corrected chi connectivity index (χ1v) is 6.36. The van der Waals surface area contributed by atoms with Gasteiger partial charge in [-0.25, -0.2) is 4.79 Å². The average molecular weight is 236 g/mol. The van der Waals surface area contributed by atoms with Crippen LogP contribution < -0.4 is 5.32 Å². The van der Waals surface area contributed by atoms with Crippen molar-refractivity contribution < 1.29 is 4.79 Å². The number of urea groups is 1. The number of hydrogen-bond donors (Lipinski definition) is 1. The number of hydrogen-bond acceptors (Lipinski definition) is 2. The molecule has 1 fully saturated rings. The van der Waals surface area contributed by atoms with Crippen LogP contribution in [0.25, 0.3) is 0 Å². The molecule has 1 N–H and O–H groups in total. The minimum absolute atomic E-state index is 0.0686. The summed E-state index contributed by atoms with van der Waals surface area (Å²) in [6.07, 6.45) is 8.40. The van der Waals surface area contributed by atoms with E-state index >= 15 is 0 Å². The molecule has 1 aromatic rings. The van der Waals surface area contributed by atoms with Gasteiger partial charge in [0.25, 0.3) is 0 Å². The first kappa shape index (κ1) is 12.0. The lowest BCUT2D eigenvalue weighted by atomic mass is 10.2. The number of amides is 2. The number of nitrogens with zero attached hydrogens (tertiary/aromatic N) is 3. The Morgan fingerprint density at radius 3 is 2.65 bits per heavy atom. The van der Waals surface area contributed by atoms with Crippen LogP contribution in [0.5, 0.6) is 0 Å². The van der Waals surface area contributed by atoms with E-state index in [1.165, 1.54) is 12.8 Å². The number of carbonyl (C=O) groups excluding carboxylic acids is 1. The second-order valence-corrected chi connectivity index (χ2v) is 4.40. The highest BCUT2D eigenvalue weighted by molar-refractivity contribution is 5.74. The van der Waals surface area contributed by atoms with E-state index in [0.29, 0.717) is 6.54 Å². The number of nitrogens with one attached hydrogen (secondary N) is 1. The van der Waals surface area contributed by atoms with E-state index in [-0.39, 0.29) is 6.03 Å². The van der Waals surface area contributed by atoms with Crippen molar-refractivity contribution in [1.82, 2.24) is 20.0 Å². The van der Waals surface area contributed by atoms with Gasteiger partial charge in [0.05, 0.1) is 6.54 Å². The molecule has 0 atom stereocenters. The van der Waals surface area contributed by atoms with Crippen LogP contribution >= 0.6 is 0 Å². The van der Waals surface area contributed by atoms with Crippen LogP contribution in [0.3, 0.4) is 0 Å². The number of likely N-dealkylation sites (tertiary alicyclic amines) is 1. The molecule has 1 aliphatic rings. The SMILES string of the molecule is O=C(NCCn1cccn1)N1CCCCCC1. The average Bonchev–Trinajstić information content (AvgIpc) is 2.69. The minimum Gasteiger partial charge on any atom is -0.336 e. The van der Waals surface area contributed by atoms with Crippen molar-refractivity contribution >= 4 is 6.03 Å². The third-order valence-corrected chi connectivity index (χ3v) is 3.07. The Morgan fingerprint density at radius 2 is 2.00 bits per heavy atom. The molecule has 5 heteroatoms. The van der Waals surface area contributed by atoms with E-state index in [9.17, 15) is 4.79 Å². The molecule has 5 nitrogen and oxygen atoms in total. The van der Waals surface area contributed by atoms with E-state index in [2.05, 4.69) is 10.4 Å². The molecule has 0 aliphatic carbocycles. The maximum Gasteiger partial charge on any atom is 0.317 e. The molecule has 0 radical (unpaired) electrons. The molecule has 1 saturated heterocycles. The molecule has 2 amide bonds. The van der Waals surface area contributed by atoms with Crippen molar-refractivity contribution in [3.05, 3.63) is 18.5 Å². The van der Waals surface area contributed by atoms with Crippen LogP contribution in [0.4, 0.5) is 4.79 Å². The van der Waals surface area contributed by atoms with Crippen molar-refractivity contribution in [2.24, 2.45) is 0 Å². The Morgan fingerprint density at radius 1 is 1.24 bits per heavy atom. The molecule has 0 aromatic carbocycles. The van der Waals surface area contributed by atoms with Crippen molar-refractivity contribution in [1.29, 1.82) is 0 Å². The van der Waals surface area contributed by atoms with Crippen LogP contribution in [-0.4, -0.2) is 40.3 Å². The minimum atomic E-state index is 0.0686. The third-order valence-electron chi connectivity index (χ3n) is 3.07. The fourth-order valence-electron chi connectivity index (χ4n) is 2.10. The first-order valence-electron chi connectivity index (χ1n) is 6.36. The first-order chi connectivity index (χ1) is 8.36. The summed E-state index contributed by atoms with van der Waals surface area (Å²) in [7, 11) is 0. The molecular formula is C12H20N4O. The molecule has 1 aliphatic heterocycles. The largest absolute Gasteiger partial charge is 0.336 e. The topological polar surface area (TPSA) is 50.2 Å². The third kappa shape index (κ3) is 3.76. The fraction of sp³-hybridized carbons (Fsp3) is 0.667. The number of carbonyl (C=O) groups is 1. The zero-order valence-corrected chi connectivity index (χ0v) is 10.1. The second-order valence-electron chi connectivity index (χ2n) is 4.40. The maximum atomic E-state index is 11.9. The zero-order chi connectivity index (χ0) is 11.9. The maximum absolute atomic E-state index is 11.9. The van der Waals surface area contributed by atoms with Gasteiger partial charge in [-0.05, 0) is 18.9 Å². The van der Waals surface area contributed by atoms with Gasteiger partial charge in [0.15, 0.2) is 0 Å². The van der Waals surface area contributed by atoms with Crippen molar-refractivity contribution in [2.45, 2.75) is 32.2 Å². The molecular weight excluding hydrogens is 216 g/mol. The summed E-state index contributed by atoms with van der Waals surface area (Å²) in [6, 6.07) is 1.95. The van der Waals surface area contributed by atoms with Gasteiger partial charge >= 0.3 is 6.03 Å². The van der Waals surface area contributed by atoms with Crippen LogP contribution in [0, 0.1) is 0 Å². The Bertz CT molecular complexity index is 328. The van der Waals surface area contributed by atoms with Crippen LogP contribution in [-0.2, 0) is 6.54 Å². The molecule has 0 spiro atoms. The Labute approximate surface area is 102 Å².